The van der Waals surface area contributed by atoms with E-state index in [2.05, 4.69) is 26.5 Å². The second-order valence-corrected chi connectivity index (χ2v) is 4.50. The highest BCUT2D eigenvalue weighted by Gasteiger charge is 2.16. The van der Waals surface area contributed by atoms with Crippen molar-refractivity contribution in [2.45, 2.75) is 12.5 Å². The van der Waals surface area contributed by atoms with Crippen LogP contribution in [0.4, 0.5) is 0 Å². The maximum atomic E-state index is 5.60. The van der Waals surface area contributed by atoms with Crippen LogP contribution in [0, 0.1) is 0 Å². The number of nitrogens with zero attached hydrogens (tertiary/aromatic N) is 1. The highest BCUT2D eigenvalue weighted by Crippen LogP contribution is 2.04. The first-order valence-electron chi connectivity index (χ1n) is 4.71. The summed E-state index contributed by atoms with van der Waals surface area (Å²) in [7, 11) is 6.66. The van der Waals surface area contributed by atoms with E-state index in [0.717, 1.165) is 30.6 Å². The third kappa shape index (κ3) is 4.04. The Kier molecular flexibility index (Phi) is 3.50. The highest BCUT2D eigenvalue weighted by molar-refractivity contribution is 4.66. The fraction of sp³-hybridized carbons (Fsp3) is 1.00. The number of rotatable bonds is 3. The number of quaternary nitrogens is 1. The molecule has 1 heterocycles. The van der Waals surface area contributed by atoms with E-state index in [1.54, 1.807) is 0 Å². The van der Waals surface area contributed by atoms with Crippen LogP contribution in [0.2, 0.25) is 0 Å². The normalized spacial score (nSPS) is 25.8. The van der Waals surface area contributed by atoms with Crippen molar-refractivity contribution in [2.24, 2.45) is 0 Å². The molecule has 1 unspecified atom stereocenters. The van der Waals surface area contributed by atoms with E-state index in [0.29, 0.717) is 6.10 Å². The standard InChI is InChI=1S/C9H21N2O/c1-11(2,3)6-4-9-8-10-5-7-12-9/h9-10H,4-8H2,1-3H3/q+1. The van der Waals surface area contributed by atoms with Gasteiger partial charge in [0, 0.05) is 19.5 Å². The van der Waals surface area contributed by atoms with Crippen molar-refractivity contribution in [3.05, 3.63) is 0 Å². The summed E-state index contributed by atoms with van der Waals surface area (Å²) >= 11 is 0. The predicted octanol–water partition coefficient (Wildman–Crippen LogP) is 0.0711. The van der Waals surface area contributed by atoms with Crippen LogP contribution in [0.1, 0.15) is 6.42 Å². The zero-order chi connectivity index (χ0) is 9.03. The minimum absolute atomic E-state index is 0.441. The van der Waals surface area contributed by atoms with Crippen LogP contribution in [0.5, 0.6) is 0 Å². The van der Waals surface area contributed by atoms with Gasteiger partial charge in [-0.25, -0.2) is 0 Å². The molecule has 0 spiro atoms. The van der Waals surface area contributed by atoms with Gasteiger partial charge in [-0.05, 0) is 0 Å². The zero-order valence-electron chi connectivity index (χ0n) is 8.47. The van der Waals surface area contributed by atoms with Gasteiger partial charge in [-0.2, -0.15) is 0 Å². The minimum atomic E-state index is 0.441. The quantitative estimate of drug-likeness (QED) is 0.610. The molecule has 1 aliphatic heterocycles. The van der Waals surface area contributed by atoms with Gasteiger partial charge in [-0.15, -0.1) is 0 Å². The van der Waals surface area contributed by atoms with Gasteiger partial charge in [0.25, 0.3) is 0 Å². The molecule has 1 fully saturated rings. The Morgan fingerprint density at radius 2 is 2.17 bits per heavy atom. The molecule has 0 amide bonds. The molecule has 0 bridgehead atoms. The smallest absolute Gasteiger partial charge is 0.0806 e. The zero-order valence-corrected chi connectivity index (χ0v) is 8.47. The van der Waals surface area contributed by atoms with Gasteiger partial charge in [0.05, 0.1) is 40.4 Å². The number of hydrogen-bond acceptors (Lipinski definition) is 2. The van der Waals surface area contributed by atoms with Gasteiger partial charge in [0.1, 0.15) is 0 Å². The Morgan fingerprint density at radius 1 is 1.42 bits per heavy atom. The Balaban J connectivity index is 2.13. The van der Waals surface area contributed by atoms with Gasteiger partial charge < -0.3 is 14.5 Å². The third-order valence-electron chi connectivity index (χ3n) is 2.13. The molecule has 1 N–H and O–H groups in total. The summed E-state index contributed by atoms with van der Waals surface area (Å²) in [6, 6.07) is 0. The fourth-order valence-electron chi connectivity index (χ4n) is 1.34. The van der Waals surface area contributed by atoms with Gasteiger partial charge in [-0.3, -0.25) is 0 Å². The lowest BCUT2D eigenvalue weighted by atomic mass is 10.2. The molecule has 3 heteroatoms. The summed E-state index contributed by atoms with van der Waals surface area (Å²) in [5.74, 6) is 0. The van der Waals surface area contributed by atoms with Crippen LogP contribution in [-0.4, -0.2) is 58.0 Å². The van der Waals surface area contributed by atoms with Crippen molar-refractivity contribution in [1.29, 1.82) is 0 Å². The predicted molar refractivity (Wildman–Crippen MR) is 50.1 cm³/mol. The summed E-state index contributed by atoms with van der Waals surface area (Å²) in [6.45, 7) is 4.11. The van der Waals surface area contributed by atoms with Crippen LogP contribution in [0.15, 0.2) is 0 Å². The maximum Gasteiger partial charge on any atom is 0.0806 e. The van der Waals surface area contributed by atoms with Gasteiger partial charge in [0.15, 0.2) is 0 Å². The summed E-state index contributed by atoms with van der Waals surface area (Å²) < 4.78 is 6.63. The fourth-order valence-corrected chi connectivity index (χ4v) is 1.34. The first kappa shape index (κ1) is 9.96. The second-order valence-electron chi connectivity index (χ2n) is 4.50. The largest absolute Gasteiger partial charge is 0.375 e. The van der Waals surface area contributed by atoms with E-state index in [9.17, 15) is 0 Å². The Morgan fingerprint density at radius 3 is 2.67 bits per heavy atom. The van der Waals surface area contributed by atoms with E-state index in [-0.39, 0.29) is 0 Å². The third-order valence-corrected chi connectivity index (χ3v) is 2.13. The molecule has 1 atom stereocenters. The van der Waals surface area contributed by atoms with Gasteiger partial charge in [-0.1, -0.05) is 0 Å². The average molecular weight is 173 g/mol. The maximum absolute atomic E-state index is 5.60. The van der Waals surface area contributed by atoms with Crippen LogP contribution >= 0.6 is 0 Å². The molecule has 0 aliphatic carbocycles. The van der Waals surface area contributed by atoms with Crippen LogP contribution in [0.3, 0.4) is 0 Å². The molecule has 12 heavy (non-hydrogen) atoms. The molecule has 3 nitrogen and oxygen atoms in total. The lowest BCUT2D eigenvalue weighted by molar-refractivity contribution is -0.870. The SMILES string of the molecule is C[N+](C)(C)CCC1CNCCO1. The molecule has 0 aromatic rings. The monoisotopic (exact) mass is 173 g/mol. The van der Waals surface area contributed by atoms with E-state index < -0.39 is 0 Å². The Bertz CT molecular complexity index is 125. The molecular formula is C9H21N2O+. The molecule has 0 saturated carbocycles. The highest BCUT2D eigenvalue weighted by atomic mass is 16.5. The molecule has 1 rings (SSSR count). The van der Waals surface area contributed by atoms with Crippen molar-refractivity contribution in [1.82, 2.24) is 5.32 Å². The van der Waals surface area contributed by atoms with E-state index >= 15 is 0 Å². The van der Waals surface area contributed by atoms with Crippen molar-refractivity contribution in [3.63, 3.8) is 0 Å². The molecule has 0 aromatic heterocycles. The van der Waals surface area contributed by atoms with Crippen LogP contribution < -0.4 is 5.32 Å². The summed E-state index contributed by atoms with van der Waals surface area (Å²) in [5, 5.41) is 3.34. The molecule has 72 valence electrons. The molecule has 0 radical (unpaired) electrons. The number of hydrogen-bond donors (Lipinski definition) is 1. The lowest BCUT2D eigenvalue weighted by Gasteiger charge is -2.28. The average Bonchev–Trinajstić information content (AvgIpc) is 2.02. The van der Waals surface area contributed by atoms with Gasteiger partial charge >= 0.3 is 0 Å². The first-order valence-corrected chi connectivity index (χ1v) is 4.71. The molecular weight excluding hydrogens is 152 g/mol. The summed E-state index contributed by atoms with van der Waals surface area (Å²) in [6.07, 6.45) is 1.60. The van der Waals surface area contributed by atoms with E-state index in [1.807, 2.05) is 0 Å². The number of nitrogens with one attached hydrogen (secondary N) is 1. The van der Waals surface area contributed by atoms with Crippen LogP contribution in [0.25, 0.3) is 0 Å². The number of morpholine rings is 1. The minimum Gasteiger partial charge on any atom is -0.375 e. The first-order chi connectivity index (χ1) is 5.58. The topological polar surface area (TPSA) is 21.3 Å². The van der Waals surface area contributed by atoms with E-state index in [4.69, 9.17) is 4.74 Å². The Hall–Kier alpha value is -0.120. The molecule has 0 aromatic carbocycles. The Labute approximate surface area is 75.3 Å². The summed E-state index contributed by atoms with van der Waals surface area (Å²) in [4.78, 5) is 0. The number of ether oxygens (including phenoxy) is 1. The molecule has 1 saturated heterocycles. The van der Waals surface area contributed by atoms with Crippen LogP contribution in [-0.2, 0) is 4.74 Å². The van der Waals surface area contributed by atoms with E-state index in [1.165, 1.54) is 6.54 Å². The molecule has 1 aliphatic rings. The van der Waals surface area contributed by atoms with Gasteiger partial charge in [0.2, 0.25) is 0 Å². The van der Waals surface area contributed by atoms with Crippen molar-refractivity contribution in [3.8, 4) is 0 Å². The van der Waals surface area contributed by atoms with Crippen molar-refractivity contribution < 1.29 is 9.22 Å². The van der Waals surface area contributed by atoms with Crippen molar-refractivity contribution in [2.75, 3.05) is 47.4 Å². The second kappa shape index (κ2) is 4.21. The summed E-state index contributed by atoms with van der Waals surface area (Å²) in [5.41, 5.74) is 0. The lowest BCUT2D eigenvalue weighted by Crippen LogP contribution is -2.43. The van der Waals surface area contributed by atoms with Crippen molar-refractivity contribution >= 4 is 0 Å².